The van der Waals surface area contributed by atoms with Gasteiger partial charge in [-0.25, -0.2) is 4.98 Å². The smallest absolute Gasteiger partial charge is 0.230 e. The zero-order valence-electron chi connectivity index (χ0n) is 15.4. The first-order valence-corrected chi connectivity index (χ1v) is 10.9. The molecule has 2 saturated heterocycles. The van der Waals surface area contributed by atoms with E-state index in [-0.39, 0.29) is 36.1 Å². The molecule has 0 aliphatic carbocycles. The molecule has 2 aliphatic rings. The Labute approximate surface area is 170 Å². The summed E-state index contributed by atoms with van der Waals surface area (Å²) in [5.41, 5.74) is 1.52. The van der Waals surface area contributed by atoms with Crippen LogP contribution in [0.1, 0.15) is 6.42 Å². The maximum Gasteiger partial charge on any atom is 0.230 e. The Hall–Kier alpha value is -2.17. The molecule has 4 rings (SSSR count). The van der Waals surface area contributed by atoms with E-state index in [1.165, 1.54) is 23.1 Å². The van der Waals surface area contributed by atoms with Crippen LogP contribution in [0.4, 0.5) is 5.69 Å². The molecule has 1 aromatic carbocycles. The summed E-state index contributed by atoms with van der Waals surface area (Å²) in [7, 11) is 2.03. The molecule has 3 N–H and O–H groups in total. The number of fused-ring (bicyclic) bond motifs is 1. The van der Waals surface area contributed by atoms with E-state index < -0.39 is 0 Å². The first kappa shape index (κ1) is 19.2. The summed E-state index contributed by atoms with van der Waals surface area (Å²) in [5.74, 6) is -0.213. The number of amides is 3. The van der Waals surface area contributed by atoms with Crippen molar-refractivity contribution < 1.29 is 14.4 Å². The first-order valence-electron chi connectivity index (χ1n) is 9.05. The van der Waals surface area contributed by atoms with Gasteiger partial charge in [-0.1, -0.05) is 11.8 Å². The number of aromatic nitrogens is 1. The fourth-order valence-electron chi connectivity index (χ4n) is 3.26. The van der Waals surface area contributed by atoms with Crippen molar-refractivity contribution in [3.63, 3.8) is 0 Å². The van der Waals surface area contributed by atoms with Gasteiger partial charge in [0, 0.05) is 31.7 Å². The molecule has 2 aromatic rings. The summed E-state index contributed by atoms with van der Waals surface area (Å²) in [6.07, 6.45) is 0.231. The molecule has 0 spiro atoms. The molecular formula is C18H21N5O3S2. The molecule has 0 bridgehead atoms. The van der Waals surface area contributed by atoms with E-state index in [1.54, 1.807) is 6.07 Å². The average molecular weight is 420 g/mol. The van der Waals surface area contributed by atoms with Crippen LogP contribution in [0.3, 0.4) is 0 Å². The third-order valence-electron chi connectivity index (χ3n) is 4.74. The number of thioether (sulfide) groups is 1. The molecule has 0 saturated carbocycles. The van der Waals surface area contributed by atoms with E-state index in [1.807, 2.05) is 19.2 Å². The third kappa shape index (κ3) is 4.45. The number of nitrogens with one attached hydrogen (secondary N) is 3. The van der Waals surface area contributed by atoms with Gasteiger partial charge >= 0.3 is 0 Å². The number of rotatable bonds is 6. The predicted octanol–water partition coefficient (Wildman–Crippen LogP) is 0.893. The van der Waals surface area contributed by atoms with Crippen molar-refractivity contribution in [1.29, 1.82) is 0 Å². The Morgan fingerprint density at radius 3 is 2.93 bits per heavy atom. The molecule has 28 heavy (non-hydrogen) atoms. The van der Waals surface area contributed by atoms with Gasteiger partial charge in [0.25, 0.3) is 0 Å². The Balaban J connectivity index is 1.33. The summed E-state index contributed by atoms with van der Waals surface area (Å²) >= 11 is 2.92. The van der Waals surface area contributed by atoms with Gasteiger partial charge in [0.2, 0.25) is 17.7 Å². The molecule has 1 unspecified atom stereocenters. The lowest BCUT2D eigenvalue weighted by molar-refractivity contribution is -0.123. The quantitative estimate of drug-likeness (QED) is 0.601. The van der Waals surface area contributed by atoms with Gasteiger partial charge in [-0.3, -0.25) is 14.4 Å². The molecule has 1 atom stereocenters. The maximum absolute atomic E-state index is 12.2. The highest BCUT2D eigenvalue weighted by molar-refractivity contribution is 8.01. The van der Waals surface area contributed by atoms with E-state index >= 15 is 0 Å². The molecule has 3 amide bonds. The molecule has 148 valence electrons. The normalized spacial score (nSPS) is 20.0. The maximum atomic E-state index is 12.2. The molecule has 2 aliphatic heterocycles. The van der Waals surface area contributed by atoms with Gasteiger partial charge in [-0.2, -0.15) is 0 Å². The number of hydrogen-bond acceptors (Lipinski definition) is 7. The fraction of sp³-hybridized carbons (Fsp3) is 0.444. The highest BCUT2D eigenvalue weighted by Crippen LogP contribution is 2.31. The molecule has 2 fully saturated rings. The molecule has 3 heterocycles. The summed E-state index contributed by atoms with van der Waals surface area (Å²) < 4.78 is 1.77. The molecular weight excluding hydrogens is 398 g/mol. The standard InChI is InChI=1S/C18H21N5O3S2/c1-23-7-12(8-23)20-16(25)9-27-18-22-13-3-2-11(5-14(13)28-18)21-17(26)10-4-15(24)19-6-10/h2-3,5,10,12H,4,6-9H2,1H3,(H,19,24)(H,20,25)(H,21,26). The van der Waals surface area contributed by atoms with Crippen LogP contribution in [-0.2, 0) is 14.4 Å². The van der Waals surface area contributed by atoms with E-state index in [9.17, 15) is 14.4 Å². The van der Waals surface area contributed by atoms with Gasteiger partial charge in [0.1, 0.15) is 0 Å². The van der Waals surface area contributed by atoms with Crippen LogP contribution in [0.2, 0.25) is 0 Å². The zero-order chi connectivity index (χ0) is 19.7. The van der Waals surface area contributed by atoms with Gasteiger partial charge in [0.05, 0.1) is 27.9 Å². The highest BCUT2D eigenvalue weighted by atomic mass is 32.2. The second kappa shape index (κ2) is 8.06. The third-order valence-corrected chi connectivity index (χ3v) is 6.90. The lowest BCUT2D eigenvalue weighted by atomic mass is 10.1. The zero-order valence-corrected chi connectivity index (χ0v) is 17.0. The number of hydrogen-bond donors (Lipinski definition) is 3. The van der Waals surface area contributed by atoms with Crippen LogP contribution in [0, 0.1) is 5.92 Å². The average Bonchev–Trinajstić information content (AvgIpc) is 3.24. The van der Waals surface area contributed by atoms with Crippen molar-refractivity contribution >= 4 is 56.7 Å². The minimum atomic E-state index is -0.329. The SMILES string of the molecule is CN1CC(NC(=O)CSc2nc3ccc(NC(=O)C4CNC(=O)C4)cc3s2)C1. The number of benzene rings is 1. The van der Waals surface area contributed by atoms with Crippen molar-refractivity contribution in [2.24, 2.45) is 5.92 Å². The Kier molecular flexibility index (Phi) is 5.51. The minimum Gasteiger partial charge on any atom is -0.355 e. The number of carbonyl (C=O) groups is 3. The molecule has 0 radical (unpaired) electrons. The monoisotopic (exact) mass is 419 g/mol. The lowest BCUT2D eigenvalue weighted by Crippen LogP contribution is -2.57. The highest BCUT2D eigenvalue weighted by Gasteiger charge is 2.28. The van der Waals surface area contributed by atoms with Crippen LogP contribution < -0.4 is 16.0 Å². The van der Waals surface area contributed by atoms with Crippen molar-refractivity contribution in [3.05, 3.63) is 18.2 Å². The van der Waals surface area contributed by atoms with Crippen LogP contribution >= 0.6 is 23.1 Å². The topological polar surface area (TPSA) is 103 Å². The van der Waals surface area contributed by atoms with E-state index in [0.717, 1.165) is 27.6 Å². The number of likely N-dealkylation sites (N-methyl/N-ethyl adjacent to an activating group) is 1. The van der Waals surface area contributed by atoms with Gasteiger partial charge in [-0.15, -0.1) is 11.3 Å². The Bertz CT molecular complexity index is 925. The first-order chi connectivity index (χ1) is 13.5. The minimum absolute atomic E-state index is 0.0232. The van der Waals surface area contributed by atoms with Gasteiger partial charge in [-0.05, 0) is 25.2 Å². The van der Waals surface area contributed by atoms with Crippen LogP contribution in [0.15, 0.2) is 22.5 Å². The van der Waals surface area contributed by atoms with E-state index in [2.05, 4.69) is 25.8 Å². The summed E-state index contributed by atoms with van der Waals surface area (Å²) in [5, 5.41) is 8.55. The summed E-state index contributed by atoms with van der Waals surface area (Å²) in [6, 6.07) is 5.79. The Morgan fingerprint density at radius 2 is 2.21 bits per heavy atom. The fourth-order valence-corrected chi connectivity index (χ4v) is 5.18. The van der Waals surface area contributed by atoms with Crippen LogP contribution in [0.25, 0.3) is 10.2 Å². The summed E-state index contributed by atoms with van der Waals surface area (Å²) in [6.45, 7) is 2.18. The van der Waals surface area contributed by atoms with E-state index in [0.29, 0.717) is 18.0 Å². The van der Waals surface area contributed by atoms with Crippen molar-refractivity contribution in [3.8, 4) is 0 Å². The van der Waals surface area contributed by atoms with Crippen LogP contribution in [-0.4, -0.2) is 66.1 Å². The predicted molar refractivity (Wildman–Crippen MR) is 110 cm³/mol. The molecule has 1 aromatic heterocycles. The second-order valence-corrected chi connectivity index (χ2v) is 9.38. The van der Waals surface area contributed by atoms with Crippen molar-refractivity contribution in [2.45, 2.75) is 16.8 Å². The van der Waals surface area contributed by atoms with Gasteiger partial charge < -0.3 is 20.9 Å². The van der Waals surface area contributed by atoms with Gasteiger partial charge in [0.15, 0.2) is 4.34 Å². The second-order valence-electron chi connectivity index (χ2n) is 7.13. The largest absolute Gasteiger partial charge is 0.355 e. The summed E-state index contributed by atoms with van der Waals surface area (Å²) in [4.78, 5) is 42.2. The number of carbonyl (C=O) groups excluding carboxylic acids is 3. The number of anilines is 1. The Morgan fingerprint density at radius 1 is 1.39 bits per heavy atom. The van der Waals surface area contributed by atoms with E-state index in [4.69, 9.17) is 0 Å². The van der Waals surface area contributed by atoms with Crippen molar-refractivity contribution in [1.82, 2.24) is 20.5 Å². The lowest BCUT2D eigenvalue weighted by Gasteiger charge is -2.36. The number of thiazole rings is 1. The number of likely N-dealkylation sites (tertiary alicyclic amines) is 1. The number of nitrogens with zero attached hydrogens (tertiary/aromatic N) is 2. The molecule has 10 heteroatoms. The van der Waals surface area contributed by atoms with Crippen LogP contribution in [0.5, 0.6) is 0 Å². The molecule has 8 nitrogen and oxygen atoms in total. The van der Waals surface area contributed by atoms with Crippen molar-refractivity contribution in [2.75, 3.05) is 37.8 Å².